The average Bonchev–Trinajstić information content (AvgIpc) is 3.18. The molecule has 0 atom stereocenters. The maximum atomic E-state index is 2.22. The Balaban J connectivity index is 0.000000356. The van der Waals surface area contributed by atoms with E-state index in [1.54, 1.807) is 0 Å². The zero-order chi connectivity index (χ0) is 46.2. The second-order valence-electron chi connectivity index (χ2n) is 17.2. The van der Waals surface area contributed by atoms with Gasteiger partial charge in [-0.1, -0.05) is 190 Å². The highest BCUT2D eigenvalue weighted by molar-refractivity contribution is 5.36. The third-order valence-electron chi connectivity index (χ3n) is 10.8. The van der Waals surface area contributed by atoms with Gasteiger partial charge in [0.15, 0.2) is 0 Å². The summed E-state index contributed by atoms with van der Waals surface area (Å²) < 4.78 is 0. The summed E-state index contributed by atoms with van der Waals surface area (Å²) in [6.45, 7) is 40.5. The van der Waals surface area contributed by atoms with E-state index in [0.29, 0.717) is 0 Å². The van der Waals surface area contributed by atoms with Crippen molar-refractivity contribution in [3.05, 3.63) is 245 Å². The van der Waals surface area contributed by atoms with Gasteiger partial charge in [0.25, 0.3) is 0 Å². The van der Waals surface area contributed by atoms with Crippen molar-refractivity contribution in [1.29, 1.82) is 0 Å². The summed E-state index contributed by atoms with van der Waals surface area (Å²) in [6, 6.07) is 49.2. The van der Waals surface area contributed by atoms with E-state index >= 15 is 0 Å². The Morgan fingerprint density at radius 1 is 0.164 bits per heavy atom. The molecule has 0 radical (unpaired) electrons. The Morgan fingerprint density at radius 2 is 0.426 bits per heavy atom. The van der Waals surface area contributed by atoms with Crippen LogP contribution in [0.15, 0.2) is 140 Å². The fourth-order valence-corrected chi connectivity index (χ4v) is 6.35. The number of benzene rings is 7. The first-order valence-corrected chi connectivity index (χ1v) is 21.8. The fourth-order valence-electron chi connectivity index (χ4n) is 6.35. The van der Waals surface area contributed by atoms with Crippen LogP contribution in [0.3, 0.4) is 0 Å². The van der Waals surface area contributed by atoms with E-state index in [1.807, 2.05) is 0 Å². The summed E-state index contributed by atoms with van der Waals surface area (Å²) in [5.74, 6) is 0. The molecule has 7 aromatic carbocycles. The van der Waals surface area contributed by atoms with Crippen LogP contribution in [0.2, 0.25) is 0 Å². The van der Waals surface area contributed by atoms with Crippen LogP contribution in [0.4, 0.5) is 0 Å². The zero-order valence-electron chi connectivity index (χ0n) is 41.8. The molecule has 0 nitrogen and oxygen atoms in total. The molecule has 0 saturated heterocycles. The summed E-state index contributed by atoms with van der Waals surface area (Å²) >= 11 is 0. The molecule has 0 spiro atoms. The van der Waals surface area contributed by atoms with Gasteiger partial charge < -0.3 is 0 Å². The van der Waals surface area contributed by atoms with Gasteiger partial charge in [0.1, 0.15) is 0 Å². The van der Waals surface area contributed by atoms with E-state index < -0.39 is 0 Å². The van der Waals surface area contributed by atoms with Crippen LogP contribution in [-0.2, 0) is 0 Å². The minimum Gasteiger partial charge on any atom is -0.0620 e. The van der Waals surface area contributed by atoms with Gasteiger partial charge in [-0.25, -0.2) is 0 Å². The van der Waals surface area contributed by atoms with Gasteiger partial charge in [0, 0.05) is 0 Å². The number of hydrogen-bond donors (Lipinski definition) is 0. The summed E-state index contributed by atoms with van der Waals surface area (Å²) in [7, 11) is 0. The van der Waals surface area contributed by atoms with Gasteiger partial charge in [0.05, 0.1) is 0 Å². The smallest absolute Gasteiger partial charge is 0.0392 e. The van der Waals surface area contributed by atoms with Crippen LogP contribution in [0.25, 0.3) is 0 Å². The van der Waals surface area contributed by atoms with Gasteiger partial charge in [-0.05, 0) is 187 Å². The van der Waals surface area contributed by atoms with E-state index in [1.165, 1.54) is 106 Å². The van der Waals surface area contributed by atoms with Crippen molar-refractivity contribution < 1.29 is 0 Å². The average molecular weight is 813 g/mol. The molecule has 0 saturated carbocycles. The minimum atomic E-state index is 1.33. The lowest BCUT2D eigenvalue weighted by atomic mass is 10.0. The Labute approximate surface area is 375 Å². The van der Waals surface area contributed by atoms with Gasteiger partial charge in [0.2, 0.25) is 0 Å². The van der Waals surface area contributed by atoms with E-state index in [4.69, 9.17) is 0 Å². The molecule has 0 N–H and O–H groups in total. The molecule has 7 aromatic rings. The number of aryl methyl sites for hydroxylation is 17. The van der Waals surface area contributed by atoms with E-state index in [0.717, 1.165) is 0 Å². The first-order valence-electron chi connectivity index (χ1n) is 21.8. The largest absolute Gasteiger partial charge is 0.0620 e. The van der Waals surface area contributed by atoms with Crippen LogP contribution in [-0.4, -0.2) is 0 Å². The van der Waals surface area contributed by atoms with Crippen molar-refractivity contribution in [1.82, 2.24) is 0 Å². The summed E-state index contributed by atoms with van der Waals surface area (Å²) in [4.78, 5) is 0. The van der Waals surface area contributed by atoms with Crippen molar-refractivity contribution >= 4 is 0 Å². The predicted molar refractivity (Wildman–Crippen MR) is 275 cm³/mol. The Morgan fingerprint density at radius 3 is 0.738 bits per heavy atom. The number of rotatable bonds is 0. The highest BCUT2D eigenvalue weighted by Gasteiger charge is 1.96. The van der Waals surface area contributed by atoms with E-state index in [9.17, 15) is 0 Å². The van der Waals surface area contributed by atoms with Gasteiger partial charge in [-0.2, -0.15) is 0 Å². The second-order valence-corrected chi connectivity index (χ2v) is 17.2. The Hall–Kier alpha value is -5.46. The lowest BCUT2D eigenvalue weighted by Gasteiger charge is -2.04. The summed E-state index contributed by atoms with van der Waals surface area (Å²) in [5, 5.41) is 0. The lowest BCUT2D eigenvalue weighted by Crippen LogP contribution is -1.86. The lowest BCUT2D eigenvalue weighted by molar-refractivity contribution is 1.23. The third-order valence-corrected chi connectivity index (χ3v) is 10.8. The van der Waals surface area contributed by atoms with E-state index in [2.05, 4.69) is 271 Å². The first-order chi connectivity index (χ1) is 28.6. The molecule has 0 unspecified atom stereocenters. The molecule has 0 aromatic heterocycles. The van der Waals surface area contributed by atoms with Crippen molar-refractivity contribution in [2.75, 3.05) is 0 Å². The summed E-state index contributed by atoms with van der Waals surface area (Å²) in [5.41, 5.74) is 26.0. The predicted octanol–water partition coefficient (Wildman–Crippen LogP) is 17.7. The molecule has 61 heavy (non-hydrogen) atoms. The topological polar surface area (TPSA) is 0 Å². The van der Waals surface area contributed by atoms with Crippen LogP contribution in [0.5, 0.6) is 0 Å². The summed E-state index contributed by atoms with van der Waals surface area (Å²) in [6.07, 6.45) is 0. The number of hydrogen-bond acceptors (Lipinski definition) is 0. The normalized spacial score (nSPS) is 9.56. The molecule has 0 aliphatic heterocycles. The SMILES string of the molecule is Cc1cc(C)c(C)c(C)c1.Cc1cc(C)cc(C)c1.Cc1ccc(C)c(C)c1.Cc1ccc(C)cc1.Cc1cccc(C)c1.Cc1cccc(C)c1C.Cc1ccccc1C. The van der Waals surface area contributed by atoms with Gasteiger partial charge >= 0.3 is 0 Å². The first kappa shape index (κ1) is 53.6. The molecule has 0 amide bonds. The van der Waals surface area contributed by atoms with Crippen LogP contribution < -0.4 is 0 Å². The van der Waals surface area contributed by atoms with Gasteiger partial charge in [-0.15, -0.1) is 0 Å². The van der Waals surface area contributed by atoms with Crippen molar-refractivity contribution in [2.45, 2.75) is 132 Å². The molecule has 0 fully saturated rings. The standard InChI is InChI=1S/C10H14.3C9H12.3C8H10/c1-7-5-8(2)10(4)9(3)6-7;1-7-4-8(2)6-9(3)5-7;1-7-4-5-8(2)9(3)6-7;1-7-5-4-6-8(2)9(7)3;1-7-3-5-8(2)6-4-7;1-7-4-3-5-8(2)6-7;1-7-5-3-4-6-8(7)2/h5-6H,1-4H3;3*4-6H,1-3H3;3*3-6H,1-2H3. The molecular weight excluding hydrogens is 733 g/mol. The second kappa shape index (κ2) is 28.1. The molecule has 0 heterocycles. The molecule has 0 heteroatoms. The minimum absolute atomic E-state index is 1.33. The monoisotopic (exact) mass is 813 g/mol. The molecule has 7 rings (SSSR count). The van der Waals surface area contributed by atoms with Crippen molar-refractivity contribution in [3.8, 4) is 0 Å². The highest BCUT2D eigenvalue weighted by atomic mass is 14.0. The van der Waals surface area contributed by atoms with Crippen LogP contribution in [0, 0.1) is 132 Å². The van der Waals surface area contributed by atoms with Crippen molar-refractivity contribution in [3.63, 3.8) is 0 Å². The molecule has 0 aliphatic carbocycles. The van der Waals surface area contributed by atoms with E-state index in [-0.39, 0.29) is 0 Å². The molecule has 0 aliphatic rings. The van der Waals surface area contributed by atoms with Crippen LogP contribution in [0.1, 0.15) is 106 Å². The molecule has 0 bridgehead atoms. The Kier molecular flexibility index (Phi) is 24.7. The quantitative estimate of drug-likeness (QED) is 0.143. The van der Waals surface area contributed by atoms with Gasteiger partial charge in [-0.3, -0.25) is 0 Å². The fraction of sp³-hybridized carbons (Fsp3) is 0.311. The van der Waals surface area contributed by atoms with Crippen molar-refractivity contribution in [2.24, 2.45) is 0 Å². The maximum absolute atomic E-state index is 2.22. The molecular formula is C61H80. The molecule has 324 valence electrons. The zero-order valence-corrected chi connectivity index (χ0v) is 41.8. The van der Waals surface area contributed by atoms with Crippen LogP contribution >= 0.6 is 0 Å². The maximum Gasteiger partial charge on any atom is -0.0392 e. The Bertz CT molecular complexity index is 2180. The highest BCUT2D eigenvalue weighted by Crippen LogP contribution is 2.14. The third kappa shape index (κ3) is 23.2.